The van der Waals surface area contributed by atoms with Crippen LogP contribution in [0.1, 0.15) is 21.6 Å². The maximum absolute atomic E-state index is 12.5. The van der Waals surface area contributed by atoms with Crippen molar-refractivity contribution in [3.05, 3.63) is 75.6 Å². The van der Waals surface area contributed by atoms with Gasteiger partial charge in [-0.1, -0.05) is 23.5 Å². The molecule has 0 radical (unpaired) electrons. The number of carbonyl (C=O) groups excluding carboxylic acids is 1. The minimum atomic E-state index is -0.475. The van der Waals surface area contributed by atoms with Crippen LogP contribution in [0.2, 0.25) is 0 Å². The molecule has 1 N–H and O–H groups in total. The van der Waals surface area contributed by atoms with Crippen molar-refractivity contribution < 1.29 is 9.72 Å². The molecular weight excluding hydrogens is 378 g/mol. The average Bonchev–Trinajstić information content (AvgIpc) is 3.29. The van der Waals surface area contributed by atoms with Gasteiger partial charge in [0.2, 0.25) is 0 Å². The number of carbonyl (C=O) groups is 1. The fourth-order valence-corrected chi connectivity index (χ4v) is 3.96. The lowest BCUT2D eigenvalue weighted by Gasteiger charge is -2.01. The summed E-state index contributed by atoms with van der Waals surface area (Å²) in [5.74, 6) is -0.391. The summed E-state index contributed by atoms with van der Waals surface area (Å²) in [6.07, 6.45) is 1.58. The number of anilines is 1. The Morgan fingerprint density at radius 3 is 2.82 bits per heavy atom. The zero-order valence-electron chi connectivity index (χ0n) is 15.0. The standard InChI is InChI=1S/C19H15N5O3S/c1-11-8-12(2)17-16(9-11)28-19(20-17)21-18(25)15-6-7-23(22-15)13-4-3-5-14(10-13)24(26)27/h3-10H,1-2H3,(H,20,21,25). The van der Waals surface area contributed by atoms with Crippen LogP contribution in [0.5, 0.6) is 0 Å². The highest BCUT2D eigenvalue weighted by Crippen LogP contribution is 2.29. The van der Waals surface area contributed by atoms with Crippen LogP contribution in [0.3, 0.4) is 0 Å². The third-order valence-corrected chi connectivity index (χ3v) is 5.09. The highest BCUT2D eigenvalue weighted by Gasteiger charge is 2.15. The van der Waals surface area contributed by atoms with E-state index in [1.165, 1.54) is 28.2 Å². The summed E-state index contributed by atoms with van der Waals surface area (Å²) in [6, 6.07) is 11.7. The van der Waals surface area contributed by atoms with Gasteiger partial charge in [-0.3, -0.25) is 20.2 Å². The van der Waals surface area contributed by atoms with E-state index in [1.54, 1.807) is 24.4 Å². The molecule has 0 aliphatic rings. The molecule has 0 spiro atoms. The first-order valence-corrected chi connectivity index (χ1v) is 9.22. The van der Waals surface area contributed by atoms with E-state index in [9.17, 15) is 14.9 Å². The van der Waals surface area contributed by atoms with Crippen LogP contribution < -0.4 is 5.32 Å². The normalized spacial score (nSPS) is 10.9. The Hall–Kier alpha value is -3.59. The van der Waals surface area contributed by atoms with Gasteiger partial charge in [0.1, 0.15) is 0 Å². The zero-order valence-corrected chi connectivity index (χ0v) is 15.9. The fourth-order valence-electron chi connectivity index (χ4n) is 2.92. The number of nitro benzene ring substituents is 1. The van der Waals surface area contributed by atoms with Gasteiger partial charge < -0.3 is 0 Å². The predicted molar refractivity (Wildman–Crippen MR) is 107 cm³/mol. The largest absolute Gasteiger partial charge is 0.296 e. The molecular formula is C19H15N5O3S. The Kier molecular flexibility index (Phi) is 4.36. The van der Waals surface area contributed by atoms with Crippen LogP contribution in [-0.2, 0) is 0 Å². The molecule has 0 aliphatic carbocycles. The lowest BCUT2D eigenvalue weighted by atomic mass is 10.1. The summed E-state index contributed by atoms with van der Waals surface area (Å²) in [5, 5.41) is 18.4. The van der Waals surface area contributed by atoms with Crippen molar-refractivity contribution in [3.63, 3.8) is 0 Å². The molecule has 2 aromatic carbocycles. The summed E-state index contributed by atoms with van der Waals surface area (Å²) in [7, 11) is 0. The summed E-state index contributed by atoms with van der Waals surface area (Å²) in [6.45, 7) is 4.01. The summed E-state index contributed by atoms with van der Waals surface area (Å²) in [5.41, 5.74) is 3.72. The van der Waals surface area contributed by atoms with Crippen molar-refractivity contribution in [3.8, 4) is 5.69 Å². The molecule has 0 saturated heterocycles. The minimum absolute atomic E-state index is 0.0425. The van der Waals surface area contributed by atoms with Gasteiger partial charge in [0.15, 0.2) is 10.8 Å². The molecule has 140 valence electrons. The number of nitro groups is 1. The van der Waals surface area contributed by atoms with Crippen molar-refractivity contribution in [2.24, 2.45) is 0 Å². The van der Waals surface area contributed by atoms with E-state index in [0.29, 0.717) is 10.8 Å². The van der Waals surface area contributed by atoms with Gasteiger partial charge in [-0.15, -0.1) is 0 Å². The molecule has 8 nitrogen and oxygen atoms in total. The number of hydrogen-bond acceptors (Lipinski definition) is 6. The third-order valence-electron chi connectivity index (χ3n) is 4.18. The number of aromatic nitrogens is 3. The van der Waals surface area contributed by atoms with Gasteiger partial charge in [-0.05, 0) is 43.2 Å². The number of rotatable bonds is 4. The second-order valence-corrected chi connectivity index (χ2v) is 7.35. The molecule has 0 fully saturated rings. The van der Waals surface area contributed by atoms with E-state index in [1.807, 2.05) is 26.0 Å². The topological polar surface area (TPSA) is 103 Å². The van der Waals surface area contributed by atoms with Gasteiger partial charge in [0.05, 0.1) is 20.8 Å². The summed E-state index contributed by atoms with van der Waals surface area (Å²) >= 11 is 1.40. The average molecular weight is 393 g/mol. The van der Waals surface area contributed by atoms with Gasteiger partial charge in [-0.25, -0.2) is 9.67 Å². The molecule has 0 saturated carbocycles. The van der Waals surface area contributed by atoms with Crippen LogP contribution in [0, 0.1) is 24.0 Å². The third kappa shape index (κ3) is 3.35. The predicted octanol–water partition coefficient (Wildman–Crippen LogP) is 4.26. The Balaban J connectivity index is 1.57. The van der Waals surface area contributed by atoms with Gasteiger partial charge in [0.25, 0.3) is 11.6 Å². The summed E-state index contributed by atoms with van der Waals surface area (Å²) < 4.78 is 2.43. The molecule has 2 heterocycles. The van der Waals surface area contributed by atoms with Crippen LogP contribution >= 0.6 is 11.3 Å². The monoisotopic (exact) mass is 393 g/mol. The van der Waals surface area contributed by atoms with E-state index in [0.717, 1.165) is 21.3 Å². The number of hydrogen-bond donors (Lipinski definition) is 1. The smallest absolute Gasteiger partial charge is 0.277 e. The Morgan fingerprint density at radius 1 is 1.21 bits per heavy atom. The lowest BCUT2D eigenvalue weighted by Crippen LogP contribution is -2.13. The first kappa shape index (κ1) is 17.8. The Labute approximate surface area is 163 Å². The maximum Gasteiger partial charge on any atom is 0.277 e. The van der Waals surface area contributed by atoms with Crippen LogP contribution in [-0.4, -0.2) is 25.6 Å². The quantitative estimate of drug-likeness (QED) is 0.412. The van der Waals surface area contributed by atoms with Gasteiger partial charge in [0, 0.05) is 18.3 Å². The first-order chi connectivity index (χ1) is 13.4. The van der Waals surface area contributed by atoms with E-state index >= 15 is 0 Å². The van der Waals surface area contributed by atoms with Crippen molar-refractivity contribution in [1.82, 2.24) is 14.8 Å². The van der Waals surface area contributed by atoms with E-state index < -0.39 is 10.8 Å². The number of aryl methyl sites for hydroxylation is 2. The number of non-ortho nitro benzene ring substituents is 1. The molecule has 1 amide bonds. The number of amides is 1. The number of benzene rings is 2. The molecule has 2 aromatic heterocycles. The second-order valence-electron chi connectivity index (χ2n) is 6.32. The van der Waals surface area contributed by atoms with Crippen molar-refractivity contribution in [2.75, 3.05) is 5.32 Å². The van der Waals surface area contributed by atoms with Crippen molar-refractivity contribution in [1.29, 1.82) is 0 Å². The fraction of sp³-hybridized carbons (Fsp3) is 0.105. The molecule has 0 unspecified atom stereocenters. The van der Waals surface area contributed by atoms with Crippen molar-refractivity contribution in [2.45, 2.75) is 13.8 Å². The minimum Gasteiger partial charge on any atom is -0.296 e. The lowest BCUT2D eigenvalue weighted by molar-refractivity contribution is -0.384. The van der Waals surface area contributed by atoms with Gasteiger partial charge in [-0.2, -0.15) is 5.10 Å². The highest BCUT2D eigenvalue weighted by atomic mass is 32.1. The number of nitrogens with zero attached hydrogens (tertiary/aromatic N) is 4. The molecule has 0 aliphatic heterocycles. The second kappa shape index (κ2) is 6.86. The molecule has 0 bridgehead atoms. The molecule has 4 rings (SSSR count). The Morgan fingerprint density at radius 2 is 2.04 bits per heavy atom. The highest BCUT2D eigenvalue weighted by molar-refractivity contribution is 7.22. The molecule has 9 heteroatoms. The maximum atomic E-state index is 12.5. The van der Waals surface area contributed by atoms with Crippen molar-refractivity contribution >= 4 is 38.3 Å². The van der Waals surface area contributed by atoms with E-state index in [2.05, 4.69) is 15.4 Å². The van der Waals surface area contributed by atoms with Gasteiger partial charge >= 0.3 is 0 Å². The van der Waals surface area contributed by atoms with E-state index in [-0.39, 0.29) is 11.4 Å². The zero-order chi connectivity index (χ0) is 19.8. The first-order valence-electron chi connectivity index (χ1n) is 8.40. The molecule has 0 atom stereocenters. The SMILES string of the molecule is Cc1cc(C)c2nc(NC(=O)c3ccn(-c4cccc([N+](=O)[O-])c4)n3)sc2c1. The molecule has 28 heavy (non-hydrogen) atoms. The number of fused-ring (bicyclic) bond motifs is 1. The van der Waals surface area contributed by atoms with Crippen LogP contribution in [0.15, 0.2) is 48.7 Å². The van der Waals surface area contributed by atoms with Crippen LogP contribution in [0.4, 0.5) is 10.8 Å². The van der Waals surface area contributed by atoms with Crippen LogP contribution in [0.25, 0.3) is 15.9 Å². The summed E-state index contributed by atoms with van der Waals surface area (Å²) in [4.78, 5) is 27.5. The number of thiazole rings is 1. The Bertz CT molecular complexity index is 1230. The molecule has 4 aromatic rings. The number of nitrogens with one attached hydrogen (secondary N) is 1. The van der Waals surface area contributed by atoms with E-state index in [4.69, 9.17) is 0 Å².